The maximum absolute atomic E-state index is 12.6. The van der Waals surface area contributed by atoms with Crippen LogP contribution in [0.1, 0.15) is 43.1 Å². The first-order valence-electron chi connectivity index (χ1n) is 8.38. The summed E-state index contributed by atoms with van der Waals surface area (Å²) in [6, 6.07) is 5.53. The van der Waals surface area contributed by atoms with Gasteiger partial charge in [0.15, 0.2) is 0 Å². The third kappa shape index (κ3) is 2.73. The number of carbonyl (C=O) groups is 1. The van der Waals surface area contributed by atoms with Crippen LogP contribution < -0.4 is 10.1 Å². The lowest BCUT2D eigenvalue weighted by Gasteiger charge is -2.25. The van der Waals surface area contributed by atoms with Gasteiger partial charge in [-0.05, 0) is 60.4 Å². The van der Waals surface area contributed by atoms with Crippen LogP contribution in [-0.4, -0.2) is 38.2 Å². The number of H-pyrrole nitrogens is 1. The number of carbonyl (C=O) groups excluding carboxylic acids is 1. The van der Waals surface area contributed by atoms with E-state index in [9.17, 15) is 4.79 Å². The van der Waals surface area contributed by atoms with E-state index >= 15 is 0 Å². The molecule has 0 unspecified atom stereocenters. The van der Waals surface area contributed by atoms with Crippen LogP contribution in [0.5, 0.6) is 5.75 Å². The summed E-state index contributed by atoms with van der Waals surface area (Å²) >= 11 is 0. The Morgan fingerprint density at radius 2 is 2.36 bits per heavy atom. The Labute approximate surface area is 144 Å². The highest BCUT2D eigenvalue weighted by Crippen LogP contribution is 2.36. The number of ether oxygens (including phenoxy) is 1. The second kappa shape index (κ2) is 6.19. The molecular weight excluding hydrogens is 320 g/mol. The summed E-state index contributed by atoms with van der Waals surface area (Å²) in [6.45, 7) is 1.78. The van der Waals surface area contributed by atoms with Crippen molar-refractivity contribution in [3.05, 3.63) is 35.8 Å². The highest BCUT2D eigenvalue weighted by molar-refractivity contribution is 5.87. The molecule has 130 valence electrons. The fraction of sp³-hybridized carbons (Fsp3) is 0.412. The lowest BCUT2D eigenvalue weighted by atomic mass is 9.91. The number of hydrogen-bond acceptors (Lipinski definition) is 5. The van der Waals surface area contributed by atoms with Crippen molar-refractivity contribution in [2.75, 3.05) is 7.11 Å². The molecule has 2 N–H and O–H groups in total. The molecule has 1 aliphatic carbocycles. The lowest BCUT2D eigenvalue weighted by Crippen LogP contribution is -2.36. The molecule has 2 aromatic heterocycles. The Morgan fingerprint density at radius 3 is 3.12 bits per heavy atom. The maximum Gasteiger partial charge on any atom is 0.245 e. The van der Waals surface area contributed by atoms with Crippen molar-refractivity contribution in [3.63, 3.8) is 0 Å². The zero-order chi connectivity index (χ0) is 17.4. The number of tetrazole rings is 1. The summed E-state index contributed by atoms with van der Waals surface area (Å²) in [6.07, 6.45) is 4.38. The van der Waals surface area contributed by atoms with Crippen LogP contribution in [0.4, 0.5) is 0 Å². The summed E-state index contributed by atoms with van der Waals surface area (Å²) in [4.78, 5) is 16.1. The van der Waals surface area contributed by atoms with Gasteiger partial charge in [-0.2, -0.15) is 0 Å². The van der Waals surface area contributed by atoms with Crippen molar-refractivity contribution < 1.29 is 9.53 Å². The van der Waals surface area contributed by atoms with Gasteiger partial charge in [-0.3, -0.25) is 4.79 Å². The summed E-state index contributed by atoms with van der Waals surface area (Å²) in [5.74, 6) is 0.745. The molecule has 1 amide bonds. The van der Waals surface area contributed by atoms with E-state index in [1.807, 2.05) is 12.1 Å². The second-order valence-corrected chi connectivity index (χ2v) is 6.35. The van der Waals surface area contributed by atoms with Gasteiger partial charge < -0.3 is 15.0 Å². The maximum atomic E-state index is 12.6. The molecule has 2 atom stereocenters. The first-order chi connectivity index (χ1) is 12.2. The van der Waals surface area contributed by atoms with Crippen LogP contribution in [0.15, 0.2) is 24.5 Å². The average Bonchev–Trinajstić information content (AvgIpc) is 3.29. The number of nitrogens with one attached hydrogen (secondary N) is 2. The van der Waals surface area contributed by atoms with Crippen LogP contribution >= 0.6 is 0 Å². The Bertz CT molecular complexity index is 901. The fourth-order valence-electron chi connectivity index (χ4n) is 3.47. The molecule has 0 aliphatic heterocycles. The highest BCUT2D eigenvalue weighted by atomic mass is 16.5. The number of amides is 1. The monoisotopic (exact) mass is 340 g/mol. The predicted octanol–water partition coefficient (Wildman–Crippen LogP) is 1.92. The van der Waals surface area contributed by atoms with Crippen molar-refractivity contribution in [2.45, 2.75) is 38.3 Å². The molecule has 8 nitrogen and oxygen atoms in total. The van der Waals surface area contributed by atoms with Crippen molar-refractivity contribution in [1.29, 1.82) is 0 Å². The number of hydrogen-bond donors (Lipinski definition) is 2. The molecule has 0 fully saturated rings. The molecule has 3 aromatic rings. The van der Waals surface area contributed by atoms with E-state index in [-0.39, 0.29) is 11.9 Å². The first-order valence-corrected chi connectivity index (χ1v) is 8.38. The largest absolute Gasteiger partial charge is 0.497 e. The van der Waals surface area contributed by atoms with E-state index in [1.165, 1.54) is 22.0 Å². The summed E-state index contributed by atoms with van der Waals surface area (Å²) in [5, 5.41) is 15.3. The minimum absolute atomic E-state index is 0.0337. The Morgan fingerprint density at radius 1 is 1.48 bits per heavy atom. The third-order valence-electron chi connectivity index (χ3n) is 4.87. The normalized spacial score (nSPS) is 17.9. The minimum atomic E-state index is -0.454. The van der Waals surface area contributed by atoms with E-state index in [4.69, 9.17) is 4.74 Å². The van der Waals surface area contributed by atoms with E-state index in [0.717, 1.165) is 36.2 Å². The minimum Gasteiger partial charge on any atom is -0.497 e. The number of rotatable bonds is 4. The molecule has 0 spiro atoms. The Balaban J connectivity index is 1.62. The van der Waals surface area contributed by atoms with Gasteiger partial charge in [-0.25, -0.2) is 4.68 Å². The third-order valence-corrected chi connectivity index (χ3v) is 4.87. The fourth-order valence-corrected chi connectivity index (χ4v) is 3.47. The number of nitrogens with zero attached hydrogens (tertiary/aromatic N) is 4. The van der Waals surface area contributed by atoms with Gasteiger partial charge in [0, 0.05) is 16.6 Å². The summed E-state index contributed by atoms with van der Waals surface area (Å²) < 4.78 is 6.80. The van der Waals surface area contributed by atoms with Crippen LogP contribution in [0.2, 0.25) is 0 Å². The topological polar surface area (TPSA) is 97.7 Å². The molecule has 4 rings (SSSR count). The van der Waals surface area contributed by atoms with Crippen LogP contribution in [0, 0.1) is 0 Å². The second-order valence-electron chi connectivity index (χ2n) is 6.35. The zero-order valence-corrected chi connectivity index (χ0v) is 14.2. The Kier molecular flexibility index (Phi) is 3.87. The molecule has 0 radical (unpaired) electrons. The van der Waals surface area contributed by atoms with Gasteiger partial charge in [0.25, 0.3) is 0 Å². The average molecular weight is 340 g/mol. The number of fused-ring (bicyclic) bond motifs is 3. The van der Waals surface area contributed by atoms with Crippen molar-refractivity contribution >= 4 is 16.8 Å². The molecule has 25 heavy (non-hydrogen) atoms. The van der Waals surface area contributed by atoms with E-state index in [0.29, 0.717) is 0 Å². The SMILES string of the molecule is COc1ccc2[nH]c3c(c2c1)CCC[C@@H]3NC(=O)[C@H](C)n1cnnn1. The smallest absolute Gasteiger partial charge is 0.245 e. The number of methoxy groups -OCH3 is 1. The quantitative estimate of drug-likeness (QED) is 0.756. The van der Waals surface area contributed by atoms with Crippen LogP contribution in [0.25, 0.3) is 10.9 Å². The Hall–Kier alpha value is -2.90. The van der Waals surface area contributed by atoms with Crippen molar-refractivity contribution in [3.8, 4) is 5.75 Å². The molecule has 0 saturated heterocycles. The molecule has 1 aliphatic rings. The standard InChI is InChI=1S/C17H20N6O2/c1-10(23-9-18-21-22-23)17(24)20-15-5-3-4-12-13-8-11(25-2)6-7-14(13)19-16(12)15/h6-10,15,19H,3-5H2,1-2H3,(H,20,24)/t10-,15-/m0/s1. The van der Waals surface area contributed by atoms with Crippen molar-refractivity contribution in [2.24, 2.45) is 0 Å². The van der Waals surface area contributed by atoms with Gasteiger partial charge in [0.1, 0.15) is 18.1 Å². The molecule has 8 heteroatoms. The molecule has 2 heterocycles. The van der Waals surface area contributed by atoms with Gasteiger partial charge in [0.2, 0.25) is 5.91 Å². The van der Waals surface area contributed by atoms with E-state index < -0.39 is 6.04 Å². The van der Waals surface area contributed by atoms with Gasteiger partial charge in [-0.1, -0.05) is 0 Å². The predicted molar refractivity (Wildman–Crippen MR) is 91.2 cm³/mol. The molecular formula is C17H20N6O2. The number of aromatic nitrogens is 5. The summed E-state index contributed by atoms with van der Waals surface area (Å²) in [7, 11) is 1.67. The van der Waals surface area contributed by atoms with Gasteiger partial charge in [-0.15, -0.1) is 5.10 Å². The zero-order valence-electron chi connectivity index (χ0n) is 14.2. The number of benzene rings is 1. The lowest BCUT2D eigenvalue weighted by molar-refractivity contribution is -0.125. The molecule has 0 bridgehead atoms. The van der Waals surface area contributed by atoms with Gasteiger partial charge in [0.05, 0.1) is 13.2 Å². The van der Waals surface area contributed by atoms with Crippen LogP contribution in [0.3, 0.4) is 0 Å². The van der Waals surface area contributed by atoms with Gasteiger partial charge >= 0.3 is 0 Å². The number of aryl methyl sites for hydroxylation is 1. The van der Waals surface area contributed by atoms with Crippen LogP contribution in [-0.2, 0) is 11.2 Å². The number of aromatic amines is 1. The van der Waals surface area contributed by atoms with Crippen molar-refractivity contribution in [1.82, 2.24) is 30.5 Å². The first kappa shape index (κ1) is 15.6. The molecule has 1 aromatic carbocycles. The summed E-state index contributed by atoms with van der Waals surface area (Å²) in [5.41, 5.74) is 3.42. The van der Waals surface area contributed by atoms with E-state index in [1.54, 1.807) is 14.0 Å². The molecule has 0 saturated carbocycles. The highest BCUT2D eigenvalue weighted by Gasteiger charge is 2.27. The van der Waals surface area contributed by atoms with E-state index in [2.05, 4.69) is 31.9 Å².